The Kier molecular flexibility index (Phi) is 25.2. The maximum Gasteiger partial charge on any atom is 0.306 e. The molecule has 0 unspecified atom stereocenters. The number of carbonyl (C=O) groups is 6. The molecule has 0 spiro atoms. The summed E-state index contributed by atoms with van der Waals surface area (Å²) in [7, 11) is 3.58. The zero-order valence-corrected chi connectivity index (χ0v) is 45.6. The van der Waals surface area contributed by atoms with Gasteiger partial charge in [-0.3, -0.25) is 28.8 Å². The van der Waals surface area contributed by atoms with Crippen LogP contribution in [0, 0.1) is 28.6 Å². The molecule has 0 aromatic carbocycles. The number of carbonyl (C=O) groups excluding carboxylic acids is 6. The number of rotatable bonds is 34. The van der Waals surface area contributed by atoms with Crippen molar-refractivity contribution < 1.29 is 62.3 Å². The smallest absolute Gasteiger partial charge is 0.306 e. The summed E-state index contributed by atoms with van der Waals surface area (Å²) in [6.45, 7) is 8.44. The Bertz CT molecular complexity index is 1950. The summed E-state index contributed by atoms with van der Waals surface area (Å²) in [5, 5.41) is 24.0. The second kappa shape index (κ2) is 29.9. The molecule has 3 saturated carbocycles. The number of hydrogen-bond acceptors (Lipinski definition) is 13. The molecule has 0 aromatic rings. The number of alkyl halides is 1. The predicted octanol–water partition coefficient (Wildman–Crippen LogP) is 10.7. The maximum absolute atomic E-state index is 17.6. The van der Waals surface area contributed by atoms with Gasteiger partial charge < -0.3 is 34.1 Å². The van der Waals surface area contributed by atoms with Gasteiger partial charge in [0.25, 0.3) is 0 Å². The van der Waals surface area contributed by atoms with Gasteiger partial charge >= 0.3 is 23.9 Å². The summed E-state index contributed by atoms with van der Waals surface area (Å²) in [5.41, 5.74) is -6.03. The van der Waals surface area contributed by atoms with Gasteiger partial charge in [-0.25, -0.2) is 4.39 Å². The van der Waals surface area contributed by atoms with E-state index in [0.29, 0.717) is 37.7 Å². The molecule has 3 fully saturated rings. The fraction of sp³-hybridized carbons (Fsp3) is 0.763. The third-order valence-electron chi connectivity index (χ3n) is 16.5. The highest BCUT2D eigenvalue weighted by Gasteiger charge is 2.75. The summed E-state index contributed by atoms with van der Waals surface area (Å²) in [4.78, 5) is 80.6. The summed E-state index contributed by atoms with van der Waals surface area (Å²) in [6, 6.07) is 0. The molecule has 14 heteroatoms. The van der Waals surface area contributed by atoms with E-state index < -0.39 is 114 Å². The number of halogens is 1. The number of esters is 4. The number of likely N-dealkylation sites (N-methyl/N-ethyl adjacent to an activating group) is 1. The van der Waals surface area contributed by atoms with Crippen molar-refractivity contribution in [1.29, 1.82) is 0 Å². The molecule has 0 aromatic heterocycles. The Balaban J connectivity index is 1.28. The Labute approximate surface area is 436 Å². The number of unbranched alkanes of at least 4 members (excludes halogenated alkanes) is 13. The monoisotopic (exact) mass is 1030 g/mol. The van der Waals surface area contributed by atoms with Crippen molar-refractivity contribution >= 4 is 35.4 Å². The first kappa shape index (κ1) is 61.5. The van der Waals surface area contributed by atoms with E-state index in [1.165, 1.54) is 31.4 Å². The maximum atomic E-state index is 17.6. The van der Waals surface area contributed by atoms with Gasteiger partial charge in [-0.15, -0.1) is 0 Å². The van der Waals surface area contributed by atoms with E-state index >= 15 is 4.39 Å². The summed E-state index contributed by atoms with van der Waals surface area (Å²) < 4.78 is 40.3. The number of nitrogens with zero attached hydrogens (tertiary/aromatic N) is 1. The van der Waals surface area contributed by atoms with Crippen LogP contribution in [-0.4, -0.2) is 114 Å². The minimum absolute atomic E-state index is 0.153. The first-order valence-electron chi connectivity index (χ1n) is 28.0. The molecule has 13 nitrogen and oxygen atoms in total. The molecule has 2 N–H and O–H groups in total. The van der Waals surface area contributed by atoms with Crippen LogP contribution in [0.25, 0.3) is 0 Å². The lowest BCUT2D eigenvalue weighted by Crippen LogP contribution is -2.69. The topological polar surface area (TPSA) is 183 Å². The molecule has 10 atom stereocenters. The Hall–Kier alpha value is -4.01. The van der Waals surface area contributed by atoms with Crippen LogP contribution in [0.2, 0.25) is 0 Å². The molecule has 4 rings (SSSR count). The molecule has 0 heterocycles. The Morgan fingerprint density at radius 2 is 1.30 bits per heavy atom. The minimum Gasteiger partial charge on any atom is -0.462 e. The predicted molar refractivity (Wildman–Crippen MR) is 280 cm³/mol. The third kappa shape index (κ3) is 16.5. The van der Waals surface area contributed by atoms with Crippen LogP contribution in [0.4, 0.5) is 4.39 Å². The van der Waals surface area contributed by atoms with Crippen molar-refractivity contribution in [2.75, 3.05) is 33.9 Å². The highest BCUT2D eigenvalue weighted by Crippen LogP contribution is 2.70. The number of aliphatic hydroxyl groups is 2. The standard InChI is InChI=1S/C59H92FNO12/c1-8-10-12-14-16-17-18-19-20-21-22-23-24-26-28-29-54(67)72-48(40-61(6)7)49(73-55(68)30-27-25-15-13-11-9-2)41-70-52(65)33-34-53(66)71-42-51(64)59(69)43(3)37-47-46-32-31-44-38-45(62)35-36-56(44,4)58(46,60)50(63)39-57(47,59)5/h16-17,19-20,35-36,38,43,46-50,63,69H,8-15,18,21-34,37,39-42H2,1-7H3/b17-16-,20-19-/t43-,46+,47+,48+,49+,50+,56+,57+,58+,59+/m1/s1. The average Bonchev–Trinajstić information content (AvgIpc) is 3.55. The fourth-order valence-corrected chi connectivity index (χ4v) is 12.3. The van der Waals surface area contributed by atoms with Crippen LogP contribution in [0.5, 0.6) is 0 Å². The lowest BCUT2D eigenvalue weighted by molar-refractivity contribution is -0.220. The Morgan fingerprint density at radius 3 is 1.92 bits per heavy atom. The van der Waals surface area contributed by atoms with Gasteiger partial charge in [0.15, 0.2) is 30.3 Å². The summed E-state index contributed by atoms with van der Waals surface area (Å²) in [6.07, 6.45) is 27.4. The van der Waals surface area contributed by atoms with Crippen molar-refractivity contribution in [2.45, 2.75) is 225 Å². The van der Waals surface area contributed by atoms with E-state index in [9.17, 15) is 39.0 Å². The number of allylic oxidation sites excluding steroid dienone is 8. The van der Waals surface area contributed by atoms with Crippen LogP contribution in [0.3, 0.4) is 0 Å². The molecule has 4 aliphatic carbocycles. The van der Waals surface area contributed by atoms with Crippen molar-refractivity contribution in [2.24, 2.45) is 28.6 Å². The average molecular weight is 1030 g/mol. The van der Waals surface area contributed by atoms with Crippen molar-refractivity contribution in [1.82, 2.24) is 4.90 Å². The first-order valence-corrected chi connectivity index (χ1v) is 28.0. The molecule has 73 heavy (non-hydrogen) atoms. The van der Waals surface area contributed by atoms with E-state index in [1.54, 1.807) is 45.8 Å². The first-order chi connectivity index (χ1) is 34.8. The molecule has 0 radical (unpaired) electrons. The highest BCUT2D eigenvalue weighted by molar-refractivity contribution is 6.01. The molecular formula is C59H92FNO12. The number of Topliss-reactive ketones (excluding diaryl/α,β-unsaturated/α-hetero) is 1. The minimum atomic E-state index is -2.14. The molecule has 0 aliphatic heterocycles. The van der Waals surface area contributed by atoms with Gasteiger partial charge in [0.1, 0.15) is 12.2 Å². The van der Waals surface area contributed by atoms with E-state index in [1.807, 2.05) is 0 Å². The van der Waals surface area contributed by atoms with Gasteiger partial charge in [-0.2, -0.15) is 0 Å². The van der Waals surface area contributed by atoms with Crippen molar-refractivity contribution in [3.63, 3.8) is 0 Å². The fourth-order valence-electron chi connectivity index (χ4n) is 12.3. The molecule has 412 valence electrons. The van der Waals surface area contributed by atoms with Crippen molar-refractivity contribution in [3.8, 4) is 0 Å². The van der Waals surface area contributed by atoms with Gasteiger partial charge in [-0.1, -0.05) is 128 Å². The number of fused-ring (bicyclic) bond motifs is 5. The lowest BCUT2D eigenvalue weighted by atomic mass is 9.44. The molecule has 0 bridgehead atoms. The third-order valence-corrected chi connectivity index (χ3v) is 16.5. The zero-order valence-electron chi connectivity index (χ0n) is 45.6. The lowest BCUT2D eigenvalue weighted by Gasteiger charge is -2.62. The second-order valence-electron chi connectivity index (χ2n) is 22.3. The second-order valence-corrected chi connectivity index (χ2v) is 22.3. The quantitative estimate of drug-likeness (QED) is 0.0269. The zero-order chi connectivity index (χ0) is 53.7. The molecular weight excluding hydrogens is 934 g/mol. The summed E-state index contributed by atoms with van der Waals surface area (Å²) >= 11 is 0. The van der Waals surface area contributed by atoms with Crippen LogP contribution in [-0.2, 0) is 47.7 Å². The van der Waals surface area contributed by atoms with Gasteiger partial charge in [0.05, 0.1) is 18.9 Å². The largest absolute Gasteiger partial charge is 0.462 e. The van der Waals surface area contributed by atoms with Crippen LogP contribution in [0.15, 0.2) is 48.1 Å². The molecule has 0 amide bonds. The molecule has 0 saturated heterocycles. The number of ether oxygens (including phenoxy) is 4. The Morgan fingerprint density at radius 1 is 0.753 bits per heavy atom. The van der Waals surface area contributed by atoms with E-state index in [4.69, 9.17) is 18.9 Å². The number of ketones is 2. The van der Waals surface area contributed by atoms with E-state index in [-0.39, 0.29) is 31.6 Å². The van der Waals surface area contributed by atoms with Crippen LogP contribution >= 0.6 is 0 Å². The summed E-state index contributed by atoms with van der Waals surface area (Å²) in [5.74, 6) is -5.48. The number of aliphatic hydroxyl groups excluding tert-OH is 1. The van der Waals surface area contributed by atoms with Gasteiger partial charge in [0, 0.05) is 36.1 Å². The van der Waals surface area contributed by atoms with Gasteiger partial charge in [0.2, 0.25) is 5.78 Å². The van der Waals surface area contributed by atoms with Crippen LogP contribution < -0.4 is 0 Å². The van der Waals surface area contributed by atoms with Crippen molar-refractivity contribution in [3.05, 3.63) is 48.1 Å². The van der Waals surface area contributed by atoms with E-state index in [0.717, 1.165) is 77.0 Å². The van der Waals surface area contributed by atoms with Crippen LogP contribution in [0.1, 0.15) is 195 Å². The SMILES string of the molecule is CCCCC/C=C\C/C=C\CCCCCCCC(=O)O[C@@H](CN(C)C)[C@H](COC(=O)CCC(=O)OCC(=O)[C@@]1(O)[C@H](C)C[C@H]2[C@@H]3CCC4=CC(=O)C=C[C@]4(C)[C@@]3(F)[C@@H](O)C[C@@]21C)OC(=O)CCCCCCCC. The number of hydrogen-bond donors (Lipinski definition) is 2. The van der Waals surface area contributed by atoms with E-state index in [2.05, 4.69) is 38.2 Å². The highest BCUT2D eigenvalue weighted by atomic mass is 19.1. The normalized spacial score (nSPS) is 28.3. The molecule has 4 aliphatic rings. The van der Waals surface area contributed by atoms with Gasteiger partial charge in [-0.05, 0) is 116 Å².